The van der Waals surface area contributed by atoms with Gasteiger partial charge >= 0.3 is 6.03 Å². The summed E-state index contributed by atoms with van der Waals surface area (Å²) in [6.07, 6.45) is 3.06. The van der Waals surface area contributed by atoms with Crippen LogP contribution in [0.2, 0.25) is 0 Å². The lowest BCUT2D eigenvalue weighted by molar-refractivity contribution is 0.0594. The SMILES string of the molecule is CN(C(=O)[N]CCCOc1ccccc1)N1CCCC1. The molecule has 0 saturated carbocycles. The lowest BCUT2D eigenvalue weighted by Gasteiger charge is -2.26. The van der Waals surface area contributed by atoms with E-state index in [1.807, 2.05) is 35.3 Å². The number of para-hydroxylation sites is 1. The number of nitrogens with zero attached hydrogens (tertiary/aromatic N) is 3. The summed E-state index contributed by atoms with van der Waals surface area (Å²) < 4.78 is 5.55. The zero-order valence-corrected chi connectivity index (χ0v) is 12.0. The molecule has 1 heterocycles. The van der Waals surface area contributed by atoms with E-state index < -0.39 is 0 Å². The molecule has 5 heteroatoms. The van der Waals surface area contributed by atoms with Crippen LogP contribution in [0.5, 0.6) is 5.75 Å². The number of hydrogen-bond acceptors (Lipinski definition) is 3. The van der Waals surface area contributed by atoms with Crippen molar-refractivity contribution in [2.24, 2.45) is 0 Å². The topological polar surface area (TPSA) is 46.9 Å². The number of ether oxygens (including phenoxy) is 1. The zero-order valence-electron chi connectivity index (χ0n) is 12.0. The van der Waals surface area contributed by atoms with Crippen LogP contribution in [0.3, 0.4) is 0 Å². The molecule has 0 bridgehead atoms. The van der Waals surface area contributed by atoms with Gasteiger partial charge in [0.2, 0.25) is 0 Å². The Labute approximate surface area is 120 Å². The standard InChI is InChI=1S/C15H22N3O2/c1-17(18-11-5-6-12-18)15(19)16-10-7-13-20-14-8-3-2-4-9-14/h2-4,8-9H,5-7,10-13H2,1H3. The van der Waals surface area contributed by atoms with Crippen LogP contribution in [0.1, 0.15) is 19.3 Å². The quantitative estimate of drug-likeness (QED) is 0.748. The van der Waals surface area contributed by atoms with Crippen LogP contribution in [0.4, 0.5) is 4.79 Å². The first-order valence-corrected chi connectivity index (χ1v) is 7.15. The fourth-order valence-electron chi connectivity index (χ4n) is 2.17. The monoisotopic (exact) mass is 276 g/mol. The molecular weight excluding hydrogens is 254 g/mol. The minimum Gasteiger partial charge on any atom is -0.494 e. The number of carbonyl (C=O) groups excluding carboxylic acids is 1. The van der Waals surface area contributed by atoms with E-state index in [0.29, 0.717) is 13.2 Å². The van der Waals surface area contributed by atoms with E-state index in [2.05, 4.69) is 5.32 Å². The maximum absolute atomic E-state index is 11.8. The van der Waals surface area contributed by atoms with Gasteiger partial charge in [-0.1, -0.05) is 18.2 Å². The number of benzene rings is 1. The van der Waals surface area contributed by atoms with Crippen LogP contribution < -0.4 is 10.1 Å². The maximum Gasteiger partial charge on any atom is 0.353 e. The van der Waals surface area contributed by atoms with E-state index in [0.717, 1.165) is 38.1 Å². The average molecular weight is 276 g/mol. The Kier molecular flexibility index (Phi) is 5.68. The van der Waals surface area contributed by atoms with Crippen molar-refractivity contribution in [3.05, 3.63) is 30.3 Å². The lowest BCUT2D eigenvalue weighted by atomic mass is 10.3. The summed E-state index contributed by atoms with van der Waals surface area (Å²) in [5.41, 5.74) is 0. The van der Waals surface area contributed by atoms with Crippen LogP contribution in [0.15, 0.2) is 30.3 Å². The highest BCUT2D eigenvalue weighted by atomic mass is 16.5. The third kappa shape index (κ3) is 4.42. The summed E-state index contributed by atoms with van der Waals surface area (Å²) in [5, 5.41) is 7.74. The van der Waals surface area contributed by atoms with E-state index in [1.165, 1.54) is 0 Å². The molecule has 1 aromatic carbocycles. The van der Waals surface area contributed by atoms with Crippen molar-refractivity contribution >= 4 is 6.03 Å². The fourth-order valence-corrected chi connectivity index (χ4v) is 2.17. The van der Waals surface area contributed by atoms with Gasteiger partial charge in [-0.3, -0.25) is 5.01 Å². The van der Waals surface area contributed by atoms with Crippen LogP contribution in [-0.2, 0) is 0 Å². The van der Waals surface area contributed by atoms with Crippen molar-refractivity contribution in [1.29, 1.82) is 0 Å². The minimum absolute atomic E-state index is 0.161. The van der Waals surface area contributed by atoms with Gasteiger partial charge in [-0.05, 0) is 25.0 Å². The maximum atomic E-state index is 11.8. The third-order valence-corrected chi connectivity index (χ3v) is 3.35. The Morgan fingerprint density at radius 2 is 2.00 bits per heavy atom. The molecule has 1 aliphatic rings. The molecular formula is C15H22N3O2. The van der Waals surface area contributed by atoms with Crippen molar-refractivity contribution in [3.8, 4) is 5.75 Å². The highest BCUT2D eigenvalue weighted by Crippen LogP contribution is 2.10. The molecule has 109 valence electrons. The molecule has 0 spiro atoms. The molecule has 0 N–H and O–H groups in total. The van der Waals surface area contributed by atoms with E-state index >= 15 is 0 Å². The van der Waals surface area contributed by atoms with E-state index in [-0.39, 0.29) is 6.03 Å². The number of hydrogen-bond donors (Lipinski definition) is 0. The molecule has 1 fully saturated rings. The summed E-state index contributed by atoms with van der Waals surface area (Å²) in [6.45, 7) is 2.99. The second-order valence-corrected chi connectivity index (χ2v) is 4.86. The molecule has 1 saturated heterocycles. The summed E-state index contributed by atoms with van der Waals surface area (Å²) in [4.78, 5) is 11.8. The fraction of sp³-hybridized carbons (Fsp3) is 0.533. The second kappa shape index (κ2) is 7.75. The number of carbonyl (C=O) groups is 1. The highest BCUT2D eigenvalue weighted by Gasteiger charge is 2.20. The number of rotatable bonds is 6. The molecule has 2 rings (SSSR count). The molecule has 5 nitrogen and oxygen atoms in total. The van der Waals surface area contributed by atoms with Crippen molar-refractivity contribution in [1.82, 2.24) is 15.3 Å². The van der Waals surface area contributed by atoms with Gasteiger partial charge in [-0.2, -0.15) is 0 Å². The van der Waals surface area contributed by atoms with Gasteiger partial charge < -0.3 is 4.74 Å². The van der Waals surface area contributed by atoms with E-state index in [1.54, 1.807) is 12.1 Å². The zero-order chi connectivity index (χ0) is 14.2. The van der Waals surface area contributed by atoms with Crippen molar-refractivity contribution in [2.45, 2.75) is 19.3 Å². The Hall–Kier alpha value is -1.75. The highest BCUT2D eigenvalue weighted by molar-refractivity contribution is 5.72. The summed E-state index contributed by atoms with van der Waals surface area (Å²) >= 11 is 0. The number of hydrazine groups is 1. The van der Waals surface area contributed by atoms with Crippen molar-refractivity contribution < 1.29 is 9.53 Å². The molecule has 0 unspecified atom stereocenters. The molecule has 20 heavy (non-hydrogen) atoms. The predicted molar refractivity (Wildman–Crippen MR) is 77.5 cm³/mol. The van der Waals surface area contributed by atoms with Crippen molar-refractivity contribution in [2.75, 3.05) is 33.3 Å². The predicted octanol–water partition coefficient (Wildman–Crippen LogP) is 2.12. The Bertz CT molecular complexity index is 405. The Morgan fingerprint density at radius 1 is 1.30 bits per heavy atom. The molecule has 1 aromatic rings. The van der Waals surface area contributed by atoms with Gasteiger partial charge in [0.05, 0.1) is 6.61 Å². The summed E-state index contributed by atoms with van der Waals surface area (Å²) in [5.74, 6) is 0.855. The summed E-state index contributed by atoms with van der Waals surface area (Å²) in [7, 11) is 1.79. The number of amides is 2. The van der Waals surface area contributed by atoms with Crippen molar-refractivity contribution in [3.63, 3.8) is 0 Å². The Morgan fingerprint density at radius 3 is 2.70 bits per heavy atom. The molecule has 0 aromatic heterocycles. The molecule has 0 aliphatic carbocycles. The third-order valence-electron chi connectivity index (χ3n) is 3.35. The lowest BCUT2D eigenvalue weighted by Crippen LogP contribution is -2.45. The van der Waals surface area contributed by atoms with Crippen LogP contribution >= 0.6 is 0 Å². The molecule has 1 radical (unpaired) electrons. The largest absolute Gasteiger partial charge is 0.494 e. The van der Waals surface area contributed by atoms with Gasteiger partial charge in [0.25, 0.3) is 0 Å². The molecule has 2 amide bonds. The first-order valence-electron chi connectivity index (χ1n) is 7.15. The molecule has 1 aliphatic heterocycles. The molecule has 0 atom stereocenters. The first kappa shape index (κ1) is 14.7. The Balaban J connectivity index is 1.57. The van der Waals surface area contributed by atoms with Gasteiger partial charge in [0.15, 0.2) is 0 Å². The number of urea groups is 1. The normalized spacial score (nSPS) is 15.1. The van der Waals surface area contributed by atoms with E-state index in [9.17, 15) is 4.79 Å². The van der Waals surface area contributed by atoms with Crippen LogP contribution in [-0.4, -0.2) is 49.3 Å². The van der Waals surface area contributed by atoms with E-state index in [4.69, 9.17) is 4.74 Å². The second-order valence-electron chi connectivity index (χ2n) is 4.86. The summed E-state index contributed by atoms with van der Waals surface area (Å²) in [6, 6.07) is 9.51. The van der Waals surface area contributed by atoms with Gasteiger partial charge in [0.1, 0.15) is 5.75 Å². The van der Waals surface area contributed by atoms with Crippen LogP contribution in [0.25, 0.3) is 0 Å². The van der Waals surface area contributed by atoms with Gasteiger partial charge in [-0.25, -0.2) is 15.1 Å². The first-order chi connectivity index (χ1) is 9.77. The minimum atomic E-state index is -0.161. The van der Waals surface area contributed by atoms with Gasteiger partial charge in [0, 0.05) is 33.1 Å². The van der Waals surface area contributed by atoms with Gasteiger partial charge in [-0.15, -0.1) is 0 Å². The smallest absolute Gasteiger partial charge is 0.353 e. The average Bonchev–Trinajstić information content (AvgIpc) is 3.01. The van der Waals surface area contributed by atoms with Crippen LogP contribution in [0, 0.1) is 0 Å².